The van der Waals surface area contributed by atoms with Crippen LogP contribution in [0.2, 0.25) is 0 Å². The SMILES string of the molecule is CCC1CC(N2CCNCC2)C1.Cc1ccc([C@H]2CCC(=O)NC2=O)cc1.O=C(O)C(F)(F)F. The van der Waals surface area contributed by atoms with Crippen molar-refractivity contribution in [2.24, 2.45) is 5.92 Å². The normalized spacial score (nSPS) is 25.0. The average molecular weight is 486 g/mol. The molecule has 0 aromatic heterocycles. The summed E-state index contributed by atoms with van der Waals surface area (Å²) >= 11 is 0. The molecule has 1 aliphatic carbocycles. The van der Waals surface area contributed by atoms with E-state index in [2.05, 4.69) is 22.5 Å². The Morgan fingerprint density at radius 1 is 1.12 bits per heavy atom. The van der Waals surface area contributed by atoms with Crippen LogP contribution in [0.25, 0.3) is 0 Å². The predicted molar refractivity (Wildman–Crippen MR) is 121 cm³/mol. The Balaban J connectivity index is 0.000000193. The lowest BCUT2D eigenvalue weighted by molar-refractivity contribution is -0.192. The molecule has 3 aliphatic rings. The standard InChI is InChI=1S/C12H13NO2.C10H20N2.C2HF3O2/c1-8-2-4-9(5-3-8)10-6-7-11(14)13-12(10)15;1-2-9-7-10(8-9)12-5-3-11-4-6-12;3-2(4,5)1(6)7/h2-5,10H,6-7H2,1H3,(H,13,14,15);9-11H,2-8H2,1H3;(H,6,7)/t10-;;/m1../s1. The Labute approximate surface area is 198 Å². The molecule has 1 aromatic carbocycles. The van der Waals surface area contributed by atoms with Crippen LogP contribution in [0.3, 0.4) is 0 Å². The fraction of sp³-hybridized carbons (Fsp3) is 0.625. The number of benzene rings is 1. The van der Waals surface area contributed by atoms with Crippen molar-refractivity contribution in [1.29, 1.82) is 0 Å². The van der Waals surface area contributed by atoms with Crippen LogP contribution < -0.4 is 10.6 Å². The highest BCUT2D eigenvalue weighted by Crippen LogP contribution is 2.33. The summed E-state index contributed by atoms with van der Waals surface area (Å²) in [5.74, 6) is -2.21. The zero-order chi connectivity index (χ0) is 25.3. The molecule has 2 heterocycles. The molecule has 4 rings (SSSR count). The number of carboxylic acids is 1. The van der Waals surface area contributed by atoms with E-state index in [1.165, 1.54) is 51.0 Å². The summed E-state index contributed by atoms with van der Waals surface area (Å²) in [6, 6.07) is 8.82. The van der Waals surface area contributed by atoms with Crippen molar-refractivity contribution in [3.63, 3.8) is 0 Å². The molecule has 0 radical (unpaired) electrons. The Bertz CT molecular complexity index is 818. The van der Waals surface area contributed by atoms with Gasteiger partial charge in [-0.3, -0.25) is 19.8 Å². The van der Waals surface area contributed by atoms with Crippen LogP contribution >= 0.6 is 0 Å². The topological polar surface area (TPSA) is 98.7 Å². The van der Waals surface area contributed by atoms with Crippen LogP contribution in [0.1, 0.15) is 56.1 Å². The minimum Gasteiger partial charge on any atom is -0.475 e. The number of carbonyl (C=O) groups is 3. The maximum atomic E-state index is 11.6. The fourth-order valence-electron chi connectivity index (χ4n) is 4.19. The summed E-state index contributed by atoms with van der Waals surface area (Å²) < 4.78 is 31.7. The van der Waals surface area contributed by atoms with Crippen molar-refractivity contribution >= 4 is 17.8 Å². The number of piperidine rings is 1. The third kappa shape index (κ3) is 8.72. The molecule has 1 saturated carbocycles. The van der Waals surface area contributed by atoms with Crippen molar-refractivity contribution in [3.05, 3.63) is 35.4 Å². The first-order valence-electron chi connectivity index (χ1n) is 11.7. The number of alkyl halides is 3. The highest BCUT2D eigenvalue weighted by Gasteiger charge is 2.38. The van der Waals surface area contributed by atoms with Gasteiger partial charge in [-0.1, -0.05) is 43.2 Å². The molecule has 34 heavy (non-hydrogen) atoms. The minimum atomic E-state index is -5.08. The number of aliphatic carboxylic acids is 1. The molecule has 0 unspecified atom stereocenters. The lowest BCUT2D eigenvalue weighted by Gasteiger charge is -2.44. The van der Waals surface area contributed by atoms with Crippen molar-refractivity contribution in [2.45, 2.75) is 64.1 Å². The summed E-state index contributed by atoms with van der Waals surface area (Å²) in [5, 5.41) is 12.9. The van der Waals surface area contributed by atoms with E-state index in [1.54, 1.807) is 0 Å². The number of piperazine rings is 1. The van der Waals surface area contributed by atoms with Crippen LogP contribution in [0.15, 0.2) is 24.3 Å². The molecule has 0 bridgehead atoms. The number of rotatable bonds is 3. The number of nitrogens with zero attached hydrogens (tertiary/aromatic N) is 1. The molecule has 1 atom stereocenters. The zero-order valence-corrected chi connectivity index (χ0v) is 19.7. The van der Waals surface area contributed by atoms with Crippen LogP contribution in [0.5, 0.6) is 0 Å². The third-order valence-electron chi connectivity index (χ3n) is 6.42. The molecule has 7 nitrogen and oxygen atoms in total. The lowest BCUT2D eigenvalue weighted by Crippen LogP contribution is -2.52. The molecular weight excluding hydrogens is 451 g/mol. The lowest BCUT2D eigenvalue weighted by atomic mass is 9.77. The highest BCUT2D eigenvalue weighted by molar-refractivity contribution is 6.00. The van der Waals surface area contributed by atoms with Gasteiger partial charge in [0.1, 0.15) is 0 Å². The first kappa shape index (κ1) is 27.8. The number of aryl methyl sites for hydroxylation is 1. The molecular formula is C24H34F3N3O4. The van der Waals surface area contributed by atoms with Gasteiger partial charge in [0.25, 0.3) is 0 Å². The number of hydrogen-bond acceptors (Lipinski definition) is 5. The van der Waals surface area contributed by atoms with E-state index in [0.29, 0.717) is 12.8 Å². The smallest absolute Gasteiger partial charge is 0.475 e. The maximum Gasteiger partial charge on any atom is 0.490 e. The Hall–Kier alpha value is -2.46. The van der Waals surface area contributed by atoms with E-state index in [1.807, 2.05) is 31.2 Å². The first-order chi connectivity index (χ1) is 16.0. The quantitative estimate of drug-likeness (QED) is 0.569. The van der Waals surface area contributed by atoms with Gasteiger partial charge in [0.15, 0.2) is 0 Å². The summed E-state index contributed by atoms with van der Waals surface area (Å²) in [7, 11) is 0. The number of hydrogen-bond donors (Lipinski definition) is 3. The van der Waals surface area contributed by atoms with Gasteiger partial charge in [0.05, 0.1) is 5.92 Å². The maximum absolute atomic E-state index is 11.6. The average Bonchev–Trinajstić information content (AvgIpc) is 2.75. The Morgan fingerprint density at radius 2 is 1.68 bits per heavy atom. The van der Waals surface area contributed by atoms with Gasteiger partial charge < -0.3 is 10.4 Å². The molecule has 1 aromatic rings. The van der Waals surface area contributed by atoms with Crippen LogP contribution in [-0.2, 0) is 14.4 Å². The second-order valence-electron chi connectivity index (χ2n) is 8.90. The number of amides is 2. The predicted octanol–water partition coefficient (Wildman–Crippen LogP) is 3.23. The largest absolute Gasteiger partial charge is 0.490 e. The Morgan fingerprint density at radius 3 is 2.15 bits per heavy atom. The van der Waals surface area contributed by atoms with Gasteiger partial charge in [-0.15, -0.1) is 0 Å². The van der Waals surface area contributed by atoms with E-state index in [4.69, 9.17) is 9.90 Å². The summed E-state index contributed by atoms with van der Waals surface area (Å²) in [6.07, 6.45) is 0.299. The van der Waals surface area contributed by atoms with Crippen LogP contribution in [0.4, 0.5) is 13.2 Å². The second kappa shape index (κ2) is 12.9. The van der Waals surface area contributed by atoms with E-state index < -0.39 is 12.1 Å². The summed E-state index contributed by atoms with van der Waals surface area (Å²) in [4.78, 5) is 34.1. The monoisotopic (exact) mass is 485 g/mol. The zero-order valence-electron chi connectivity index (χ0n) is 19.7. The molecule has 3 fully saturated rings. The van der Waals surface area contributed by atoms with Crippen LogP contribution in [0, 0.1) is 12.8 Å². The van der Waals surface area contributed by atoms with Crippen molar-refractivity contribution in [2.75, 3.05) is 26.2 Å². The van der Waals surface area contributed by atoms with Gasteiger partial charge in [-0.2, -0.15) is 13.2 Å². The number of carboxylic acid groups (broad SMARTS) is 1. The number of nitrogens with one attached hydrogen (secondary N) is 2. The number of imide groups is 1. The van der Waals surface area contributed by atoms with Gasteiger partial charge in [0.2, 0.25) is 11.8 Å². The molecule has 10 heteroatoms. The van der Waals surface area contributed by atoms with E-state index in [9.17, 15) is 22.8 Å². The van der Waals surface area contributed by atoms with Crippen molar-refractivity contribution in [3.8, 4) is 0 Å². The van der Waals surface area contributed by atoms with E-state index >= 15 is 0 Å². The molecule has 2 saturated heterocycles. The number of carbonyl (C=O) groups excluding carboxylic acids is 2. The highest BCUT2D eigenvalue weighted by atomic mass is 19.4. The minimum absolute atomic E-state index is 0.164. The molecule has 2 aliphatic heterocycles. The van der Waals surface area contributed by atoms with Crippen molar-refractivity contribution < 1.29 is 32.7 Å². The Kier molecular flexibility index (Phi) is 10.5. The molecule has 0 spiro atoms. The van der Waals surface area contributed by atoms with Gasteiger partial charge in [0, 0.05) is 38.6 Å². The second-order valence-corrected chi connectivity index (χ2v) is 8.90. The molecule has 3 N–H and O–H groups in total. The van der Waals surface area contributed by atoms with Gasteiger partial charge >= 0.3 is 12.1 Å². The van der Waals surface area contributed by atoms with Gasteiger partial charge in [-0.25, -0.2) is 4.79 Å². The summed E-state index contributed by atoms with van der Waals surface area (Å²) in [6.45, 7) is 9.29. The molecule has 2 amide bonds. The van der Waals surface area contributed by atoms with E-state index in [-0.39, 0.29) is 17.7 Å². The fourth-order valence-corrected chi connectivity index (χ4v) is 4.19. The summed E-state index contributed by atoms with van der Waals surface area (Å²) in [5.41, 5.74) is 2.16. The third-order valence-corrected chi connectivity index (χ3v) is 6.42. The molecule has 190 valence electrons. The van der Waals surface area contributed by atoms with Crippen molar-refractivity contribution in [1.82, 2.24) is 15.5 Å². The number of halogens is 3. The van der Waals surface area contributed by atoms with Gasteiger partial charge in [-0.05, 0) is 37.7 Å². The van der Waals surface area contributed by atoms with Crippen LogP contribution in [-0.4, -0.2) is 66.2 Å². The van der Waals surface area contributed by atoms with E-state index in [0.717, 1.165) is 17.5 Å². The first-order valence-corrected chi connectivity index (χ1v) is 11.7.